The third-order valence-corrected chi connectivity index (χ3v) is 14.7. The predicted octanol–water partition coefficient (Wildman–Crippen LogP) is 7.13. The van der Waals surface area contributed by atoms with Crippen LogP contribution in [0.2, 0.25) is 18.1 Å². The van der Waals surface area contributed by atoms with E-state index in [1.54, 1.807) is 20.3 Å². The van der Waals surface area contributed by atoms with Crippen LogP contribution in [0.1, 0.15) is 64.0 Å². The molecule has 53 heavy (non-hydrogen) atoms. The number of hydrogen-bond donors (Lipinski definition) is 0. The minimum Gasteiger partial charge on any atom is -0.543 e. The summed E-state index contributed by atoms with van der Waals surface area (Å²) >= 11 is 0. The second-order valence-electron chi connectivity index (χ2n) is 16.1. The van der Waals surface area contributed by atoms with Gasteiger partial charge in [0, 0.05) is 57.8 Å². The van der Waals surface area contributed by atoms with Crippen LogP contribution in [0.15, 0.2) is 45.6 Å². The van der Waals surface area contributed by atoms with Crippen LogP contribution in [0.5, 0.6) is 17.2 Å². The summed E-state index contributed by atoms with van der Waals surface area (Å²) in [6, 6.07) is 8.88. The maximum atomic E-state index is 14.0. The van der Waals surface area contributed by atoms with Gasteiger partial charge in [0.2, 0.25) is 8.32 Å². The van der Waals surface area contributed by atoms with Crippen molar-refractivity contribution in [2.75, 3.05) is 54.2 Å². The van der Waals surface area contributed by atoms with Gasteiger partial charge in [-0.15, -0.1) is 0 Å². The second kappa shape index (κ2) is 15.0. The Labute approximate surface area is 312 Å². The van der Waals surface area contributed by atoms with Crippen molar-refractivity contribution in [2.45, 2.75) is 96.1 Å². The molecule has 0 spiro atoms. The average Bonchev–Trinajstić information content (AvgIpc) is 3.68. The lowest BCUT2D eigenvalue weighted by molar-refractivity contribution is -0.140. The van der Waals surface area contributed by atoms with Crippen LogP contribution in [0.25, 0.3) is 16.7 Å². The zero-order valence-electron chi connectivity index (χ0n) is 32.7. The summed E-state index contributed by atoms with van der Waals surface area (Å²) in [7, 11) is 0.742. The van der Waals surface area contributed by atoms with Crippen LogP contribution < -0.4 is 19.6 Å². The molecule has 0 aliphatic carbocycles. The minimum absolute atomic E-state index is 0.0295. The highest BCUT2D eigenvalue weighted by atomic mass is 28.4. The van der Waals surface area contributed by atoms with Gasteiger partial charge < -0.3 is 51.5 Å². The lowest BCUT2D eigenvalue weighted by Gasteiger charge is -2.41. The zero-order chi connectivity index (χ0) is 38.2. The summed E-state index contributed by atoms with van der Waals surface area (Å²) < 4.78 is 66.6. The minimum atomic E-state index is -2.38. The molecule has 1 unspecified atom stereocenters. The van der Waals surface area contributed by atoms with Gasteiger partial charge >= 0.3 is 0 Å². The summed E-state index contributed by atoms with van der Waals surface area (Å²) in [6.45, 7) is 18.9. The molecule has 0 radical (unpaired) electrons. The van der Waals surface area contributed by atoms with Gasteiger partial charge in [0.1, 0.15) is 40.0 Å². The van der Waals surface area contributed by atoms with Gasteiger partial charge in [-0.3, -0.25) is 4.79 Å². The Morgan fingerprint density at radius 3 is 1.87 bits per heavy atom. The number of rotatable bonds is 14. The third-order valence-electron chi connectivity index (χ3n) is 10.3. The first-order chi connectivity index (χ1) is 24.9. The molecule has 6 rings (SSSR count). The van der Waals surface area contributed by atoms with E-state index in [4.69, 9.17) is 51.5 Å². The Kier molecular flexibility index (Phi) is 11.1. The molecule has 3 aromatic rings. The van der Waals surface area contributed by atoms with E-state index in [2.05, 4.69) is 33.9 Å². The molecule has 1 aromatic heterocycles. The van der Waals surface area contributed by atoms with Gasteiger partial charge in [-0.25, -0.2) is 0 Å². The first kappa shape index (κ1) is 39.3. The SMILES string of the molecule is COCOc1cc(CC2(C)OCCO2)c2c(c1)OC(C)(Cc1cc(=O)c3c(CC4(C)OCCO4)cc(OCOC)cc3o1)C=C2O[Si](C)(C)C(C)(C)C. The van der Waals surface area contributed by atoms with Crippen molar-refractivity contribution in [3.8, 4) is 17.2 Å². The number of fused-ring (bicyclic) bond motifs is 2. The lowest BCUT2D eigenvalue weighted by atomic mass is 9.90. The monoisotopic (exact) mass is 754 g/mol. The van der Waals surface area contributed by atoms with Crippen molar-refractivity contribution < 1.29 is 51.5 Å². The highest BCUT2D eigenvalue weighted by Crippen LogP contribution is 2.48. The molecule has 0 N–H and O–H groups in total. The van der Waals surface area contributed by atoms with Crippen LogP contribution in [0, 0.1) is 0 Å². The Hall–Kier alpha value is -3.43. The van der Waals surface area contributed by atoms with Crippen molar-refractivity contribution in [2.24, 2.45) is 0 Å². The molecule has 0 amide bonds. The van der Waals surface area contributed by atoms with Crippen molar-refractivity contribution >= 4 is 25.0 Å². The van der Waals surface area contributed by atoms with Crippen molar-refractivity contribution in [1.29, 1.82) is 0 Å². The Bertz CT molecular complexity index is 1880. The highest BCUT2D eigenvalue weighted by molar-refractivity contribution is 6.74. The molecule has 2 fully saturated rings. The maximum absolute atomic E-state index is 14.0. The first-order valence-corrected chi connectivity index (χ1v) is 21.0. The van der Waals surface area contributed by atoms with Gasteiger partial charge in [0.25, 0.3) is 0 Å². The average molecular weight is 755 g/mol. The first-order valence-electron chi connectivity index (χ1n) is 18.1. The van der Waals surface area contributed by atoms with Crippen molar-refractivity contribution in [3.63, 3.8) is 0 Å². The molecule has 2 aromatic carbocycles. The van der Waals surface area contributed by atoms with E-state index in [9.17, 15) is 4.79 Å². The number of hydrogen-bond acceptors (Lipinski definition) is 12. The highest BCUT2D eigenvalue weighted by Gasteiger charge is 2.44. The van der Waals surface area contributed by atoms with E-state index in [-0.39, 0.29) is 30.5 Å². The third kappa shape index (κ3) is 8.77. The molecule has 290 valence electrons. The fourth-order valence-electron chi connectivity index (χ4n) is 6.77. The Balaban J connectivity index is 1.44. The Morgan fingerprint density at radius 1 is 0.755 bits per heavy atom. The van der Waals surface area contributed by atoms with Gasteiger partial charge in [-0.2, -0.15) is 0 Å². The van der Waals surface area contributed by atoms with Gasteiger partial charge in [0.15, 0.2) is 30.6 Å². The normalized spacial score (nSPS) is 20.9. The van der Waals surface area contributed by atoms with E-state index in [1.807, 2.05) is 45.0 Å². The van der Waals surface area contributed by atoms with E-state index in [1.165, 1.54) is 6.07 Å². The predicted molar refractivity (Wildman–Crippen MR) is 201 cm³/mol. The van der Waals surface area contributed by atoms with Crippen LogP contribution in [-0.2, 0) is 52.1 Å². The smallest absolute Gasteiger partial charge is 0.250 e. The fourth-order valence-corrected chi connectivity index (χ4v) is 7.78. The second-order valence-corrected chi connectivity index (χ2v) is 20.8. The van der Waals surface area contributed by atoms with E-state index in [0.29, 0.717) is 84.6 Å². The summed E-state index contributed by atoms with van der Waals surface area (Å²) in [5, 5.41) is 0.344. The van der Waals surface area contributed by atoms with Crippen LogP contribution in [-0.4, -0.2) is 79.7 Å². The van der Waals surface area contributed by atoms with Gasteiger partial charge in [-0.1, -0.05) is 20.8 Å². The van der Waals surface area contributed by atoms with Crippen molar-refractivity contribution in [3.05, 3.63) is 69.1 Å². The molecule has 2 saturated heterocycles. The maximum Gasteiger partial charge on any atom is 0.250 e. The van der Waals surface area contributed by atoms with Crippen molar-refractivity contribution in [1.82, 2.24) is 0 Å². The Morgan fingerprint density at radius 2 is 1.30 bits per heavy atom. The van der Waals surface area contributed by atoms with Gasteiger partial charge in [-0.05, 0) is 62.2 Å². The molecular weight excluding hydrogens is 701 g/mol. The summed E-state index contributed by atoms with van der Waals surface area (Å²) in [4.78, 5) is 14.0. The molecule has 3 aliphatic heterocycles. The molecule has 13 heteroatoms. The fraction of sp³-hybridized carbons (Fsp3) is 0.575. The largest absolute Gasteiger partial charge is 0.543 e. The van der Waals surface area contributed by atoms with Crippen LogP contribution in [0.3, 0.4) is 0 Å². The molecule has 3 aliphatic rings. The molecular formula is C40H54O12Si. The van der Waals surface area contributed by atoms with E-state index < -0.39 is 25.5 Å². The van der Waals surface area contributed by atoms with E-state index >= 15 is 0 Å². The molecule has 0 saturated carbocycles. The van der Waals surface area contributed by atoms with Gasteiger partial charge in [0.05, 0.1) is 37.4 Å². The number of benzene rings is 2. The number of methoxy groups -OCH3 is 2. The van der Waals surface area contributed by atoms with Crippen LogP contribution in [0.4, 0.5) is 0 Å². The summed E-state index contributed by atoms with van der Waals surface area (Å²) in [6.07, 6.45) is 2.99. The molecule has 0 bridgehead atoms. The topological polar surface area (TPSA) is 123 Å². The lowest BCUT2D eigenvalue weighted by Crippen LogP contribution is -2.42. The van der Waals surface area contributed by atoms with E-state index in [0.717, 1.165) is 11.1 Å². The summed E-state index contributed by atoms with van der Waals surface area (Å²) in [5.74, 6) is 1.05. The molecule has 12 nitrogen and oxygen atoms in total. The standard InChI is InChI=1S/C40H54O12Si/c1-37(2,3)53(9,10)52-34-23-38(4,51-33-19-29(45-25-43-8)16-27(36(33)34)21-40(6)48-13-14-49-40)22-30-17-31(41)35-26(20-39(5)46-11-12-47-39)15-28(44-24-42-7)18-32(35)50-30/h15-19,23H,11-14,20-22,24-25H2,1-10H3. The summed E-state index contributed by atoms with van der Waals surface area (Å²) in [5.41, 5.74) is 1.58. The zero-order valence-corrected chi connectivity index (χ0v) is 33.7. The molecule has 1 atom stereocenters. The number of ether oxygens (including phenoxy) is 9. The molecule has 4 heterocycles. The quantitative estimate of drug-likeness (QED) is 0.123. The van der Waals surface area contributed by atoms with Crippen LogP contribution >= 0.6 is 0 Å².